The molecular formula is C12H16N2O3. The van der Waals surface area contributed by atoms with Crippen LogP contribution in [0.5, 0.6) is 0 Å². The van der Waals surface area contributed by atoms with Crippen molar-refractivity contribution in [2.75, 3.05) is 0 Å². The van der Waals surface area contributed by atoms with Crippen LogP contribution in [0.1, 0.15) is 42.9 Å². The van der Waals surface area contributed by atoms with Crippen LogP contribution < -0.4 is 5.73 Å². The standard InChI is InChI=1S/C12H16N2O3/c1-7-10(17-12(2,3)16-7)8-4-5-9(11(13)15)14-6-8/h4-7,10H,1-3H3,(H2,13,15). The summed E-state index contributed by atoms with van der Waals surface area (Å²) in [6.07, 6.45) is 1.39. The van der Waals surface area contributed by atoms with Gasteiger partial charge in [-0.15, -0.1) is 0 Å². The average Bonchev–Trinajstić information content (AvgIpc) is 2.52. The predicted molar refractivity (Wildman–Crippen MR) is 61.2 cm³/mol. The summed E-state index contributed by atoms with van der Waals surface area (Å²) in [5, 5.41) is 0. The minimum atomic E-state index is -0.591. The van der Waals surface area contributed by atoms with E-state index in [1.165, 1.54) is 0 Å². The molecule has 1 aromatic rings. The molecule has 0 radical (unpaired) electrons. The van der Waals surface area contributed by atoms with E-state index in [4.69, 9.17) is 15.2 Å². The number of rotatable bonds is 2. The molecular weight excluding hydrogens is 220 g/mol. The number of carbonyl (C=O) groups is 1. The van der Waals surface area contributed by atoms with Gasteiger partial charge in [-0.05, 0) is 26.8 Å². The quantitative estimate of drug-likeness (QED) is 0.842. The van der Waals surface area contributed by atoms with Crippen LogP contribution in [0.15, 0.2) is 18.3 Å². The Balaban J connectivity index is 2.21. The fourth-order valence-electron chi connectivity index (χ4n) is 2.00. The van der Waals surface area contributed by atoms with Crippen LogP contribution in [0.3, 0.4) is 0 Å². The molecule has 0 spiro atoms. The smallest absolute Gasteiger partial charge is 0.267 e. The number of nitrogens with two attached hydrogens (primary N) is 1. The number of amides is 1. The van der Waals surface area contributed by atoms with Gasteiger partial charge in [0.15, 0.2) is 5.79 Å². The van der Waals surface area contributed by atoms with E-state index < -0.39 is 11.7 Å². The van der Waals surface area contributed by atoms with E-state index >= 15 is 0 Å². The maximum absolute atomic E-state index is 10.9. The zero-order valence-electron chi connectivity index (χ0n) is 10.1. The Kier molecular flexibility index (Phi) is 2.89. The second kappa shape index (κ2) is 4.09. The predicted octanol–water partition coefficient (Wildman–Crippen LogP) is 1.39. The number of aromatic nitrogens is 1. The maximum Gasteiger partial charge on any atom is 0.267 e. The Morgan fingerprint density at radius 2 is 2.12 bits per heavy atom. The van der Waals surface area contributed by atoms with Crippen LogP contribution in [0.4, 0.5) is 0 Å². The molecule has 0 bridgehead atoms. The molecule has 1 aliphatic heterocycles. The third-order valence-electron chi connectivity index (χ3n) is 2.67. The van der Waals surface area contributed by atoms with Crippen molar-refractivity contribution in [3.8, 4) is 0 Å². The lowest BCUT2D eigenvalue weighted by atomic mass is 10.1. The molecule has 0 saturated carbocycles. The van der Waals surface area contributed by atoms with E-state index in [2.05, 4.69) is 4.98 Å². The van der Waals surface area contributed by atoms with Gasteiger partial charge in [-0.2, -0.15) is 0 Å². The fourth-order valence-corrected chi connectivity index (χ4v) is 2.00. The molecule has 17 heavy (non-hydrogen) atoms. The molecule has 1 aliphatic rings. The lowest BCUT2D eigenvalue weighted by molar-refractivity contribution is -0.145. The molecule has 2 rings (SSSR count). The highest BCUT2D eigenvalue weighted by Crippen LogP contribution is 2.37. The van der Waals surface area contributed by atoms with Crippen LogP contribution in [0.25, 0.3) is 0 Å². The molecule has 0 aromatic carbocycles. The molecule has 1 fully saturated rings. The molecule has 0 aliphatic carbocycles. The summed E-state index contributed by atoms with van der Waals surface area (Å²) in [6, 6.07) is 3.39. The average molecular weight is 236 g/mol. The summed E-state index contributed by atoms with van der Waals surface area (Å²) < 4.78 is 11.4. The van der Waals surface area contributed by atoms with Gasteiger partial charge in [0.25, 0.3) is 5.91 Å². The van der Waals surface area contributed by atoms with Gasteiger partial charge in [-0.1, -0.05) is 6.07 Å². The van der Waals surface area contributed by atoms with Crippen molar-refractivity contribution in [1.29, 1.82) is 0 Å². The van der Waals surface area contributed by atoms with Gasteiger partial charge in [0.1, 0.15) is 11.8 Å². The molecule has 5 nitrogen and oxygen atoms in total. The summed E-state index contributed by atoms with van der Waals surface area (Å²) >= 11 is 0. The highest BCUT2D eigenvalue weighted by Gasteiger charge is 2.39. The number of ether oxygens (including phenoxy) is 2. The van der Waals surface area contributed by atoms with Gasteiger partial charge in [0, 0.05) is 11.8 Å². The fraction of sp³-hybridized carbons (Fsp3) is 0.500. The Bertz CT molecular complexity index is 428. The first-order valence-corrected chi connectivity index (χ1v) is 5.50. The van der Waals surface area contributed by atoms with Crippen molar-refractivity contribution < 1.29 is 14.3 Å². The second-order valence-corrected chi connectivity index (χ2v) is 4.60. The van der Waals surface area contributed by atoms with Crippen molar-refractivity contribution in [3.63, 3.8) is 0 Å². The Hall–Kier alpha value is -1.46. The van der Waals surface area contributed by atoms with E-state index in [-0.39, 0.29) is 17.9 Å². The normalized spacial score (nSPS) is 27.0. The Labute approximate surface area is 99.9 Å². The van der Waals surface area contributed by atoms with Crippen LogP contribution in [-0.2, 0) is 9.47 Å². The van der Waals surface area contributed by atoms with Gasteiger partial charge < -0.3 is 15.2 Å². The zero-order valence-corrected chi connectivity index (χ0v) is 10.1. The van der Waals surface area contributed by atoms with E-state index in [1.54, 1.807) is 18.3 Å². The summed E-state index contributed by atoms with van der Waals surface area (Å²) in [6.45, 7) is 5.69. The molecule has 1 amide bonds. The molecule has 2 atom stereocenters. The molecule has 92 valence electrons. The number of hydrogen-bond acceptors (Lipinski definition) is 4. The molecule has 2 unspecified atom stereocenters. The van der Waals surface area contributed by atoms with Crippen molar-refractivity contribution in [1.82, 2.24) is 4.98 Å². The minimum Gasteiger partial charge on any atom is -0.364 e. The summed E-state index contributed by atoms with van der Waals surface area (Å²) in [5.74, 6) is -1.12. The second-order valence-electron chi connectivity index (χ2n) is 4.60. The summed E-state index contributed by atoms with van der Waals surface area (Å²) in [7, 11) is 0. The van der Waals surface area contributed by atoms with Gasteiger partial charge in [0.05, 0.1) is 6.10 Å². The molecule has 1 saturated heterocycles. The van der Waals surface area contributed by atoms with Crippen LogP contribution in [0, 0.1) is 0 Å². The van der Waals surface area contributed by atoms with E-state index in [1.807, 2.05) is 20.8 Å². The Morgan fingerprint density at radius 1 is 1.41 bits per heavy atom. The molecule has 2 heterocycles. The van der Waals surface area contributed by atoms with E-state index in [0.717, 1.165) is 5.56 Å². The van der Waals surface area contributed by atoms with Crippen LogP contribution >= 0.6 is 0 Å². The number of nitrogens with zero attached hydrogens (tertiary/aromatic N) is 1. The van der Waals surface area contributed by atoms with Crippen LogP contribution in [0.2, 0.25) is 0 Å². The number of primary amides is 1. The van der Waals surface area contributed by atoms with Gasteiger partial charge in [0.2, 0.25) is 0 Å². The highest BCUT2D eigenvalue weighted by atomic mass is 16.7. The Morgan fingerprint density at radius 3 is 2.53 bits per heavy atom. The maximum atomic E-state index is 10.9. The third kappa shape index (κ3) is 2.45. The molecule has 2 N–H and O–H groups in total. The summed E-state index contributed by atoms with van der Waals surface area (Å²) in [4.78, 5) is 14.9. The van der Waals surface area contributed by atoms with Crippen molar-refractivity contribution in [3.05, 3.63) is 29.6 Å². The van der Waals surface area contributed by atoms with Gasteiger partial charge in [-0.25, -0.2) is 0 Å². The summed E-state index contributed by atoms with van der Waals surface area (Å²) in [5.41, 5.74) is 6.26. The first-order chi connectivity index (χ1) is 7.89. The van der Waals surface area contributed by atoms with Gasteiger partial charge >= 0.3 is 0 Å². The number of hydrogen-bond donors (Lipinski definition) is 1. The highest BCUT2D eigenvalue weighted by molar-refractivity contribution is 5.90. The number of pyridine rings is 1. The van der Waals surface area contributed by atoms with Crippen molar-refractivity contribution in [2.45, 2.75) is 38.8 Å². The van der Waals surface area contributed by atoms with E-state index in [9.17, 15) is 4.79 Å². The van der Waals surface area contributed by atoms with Crippen molar-refractivity contribution in [2.24, 2.45) is 5.73 Å². The van der Waals surface area contributed by atoms with Crippen molar-refractivity contribution >= 4 is 5.91 Å². The van der Waals surface area contributed by atoms with Gasteiger partial charge in [-0.3, -0.25) is 9.78 Å². The molecule has 5 heteroatoms. The topological polar surface area (TPSA) is 74.4 Å². The largest absolute Gasteiger partial charge is 0.364 e. The first kappa shape index (κ1) is 12.0. The minimum absolute atomic E-state index is 0.0498. The third-order valence-corrected chi connectivity index (χ3v) is 2.67. The SMILES string of the molecule is CC1OC(C)(C)OC1c1ccc(C(N)=O)nc1. The number of carbonyl (C=O) groups excluding carboxylic acids is 1. The lowest BCUT2D eigenvalue weighted by Gasteiger charge is -2.16. The van der Waals surface area contributed by atoms with Crippen LogP contribution in [-0.4, -0.2) is 22.8 Å². The zero-order chi connectivity index (χ0) is 12.6. The first-order valence-electron chi connectivity index (χ1n) is 5.50. The van der Waals surface area contributed by atoms with E-state index in [0.29, 0.717) is 0 Å². The lowest BCUT2D eigenvalue weighted by Crippen LogP contribution is -2.20. The molecule has 1 aromatic heterocycles. The monoisotopic (exact) mass is 236 g/mol.